The van der Waals surface area contributed by atoms with Crippen molar-refractivity contribution in [1.82, 2.24) is 9.88 Å². The lowest BCUT2D eigenvalue weighted by Crippen LogP contribution is -2.33. The monoisotopic (exact) mass is 402 g/mol. The smallest absolute Gasteiger partial charge is 0.407 e. The first kappa shape index (κ1) is 17.8. The summed E-state index contributed by atoms with van der Waals surface area (Å²) >= 11 is 3.56. The summed E-state index contributed by atoms with van der Waals surface area (Å²) in [4.78, 5) is 11.7. The number of hydrogen-bond donors (Lipinski definition) is 1. The van der Waals surface area contributed by atoms with E-state index in [1.165, 1.54) is 21.8 Å². The van der Waals surface area contributed by atoms with Crippen LogP contribution in [0.2, 0.25) is 0 Å². The molecule has 0 aliphatic carbocycles. The molecule has 4 nitrogen and oxygen atoms in total. The standard InChI is InChI=1S/C20H23BrN2O2/c1-20(2,3)25-19(24)22-11-6-12-23-17-8-5-4-7-15(17)16-13-14(21)9-10-18(16)23/h4-5,7-10,13H,6,11-12H2,1-3H3,(H,22,24). The number of amides is 1. The van der Waals surface area contributed by atoms with E-state index in [1.54, 1.807) is 0 Å². The Labute approximate surface area is 156 Å². The Kier molecular flexibility index (Phi) is 5.04. The van der Waals surface area contributed by atoms with Gasteiger partial charge in [-0.05, 0) is 51.5 Å². The van der Waals surface area contributed by atoms with Crippen LogP contribution in [0.4, 0.5) is 4.79 Å². The fraction of sp³-hybridized carbons (Fsp3) is 0.350. The van der Waals surface area contributed by atoms with E-state index in [2.05, 4.69) is 68.3 Å². The second kappa shape index (κ2) is 7.08. The molecule has 132 valence electrons. The molecule has 2 aromatic carbocycles. The van der Waals surface area contributed by atoms with E-state index in [0.29, 0.717) is 6.54 Å². The minimum Gasteiger partial charge on any atom is -0.444 e. The molecule has 0 aliphatic rings. The molecule has 0 saturated carbocycles. The van der Waals surface area contributed by atoms with Gasteiger partial charge >= 0.3 is 6.09 Å². The minimum atomic E-state index is -0.468. The van der Waals surface area contributed by atoms with Crippen molar-refractivity contribution >= 4 is 43.8 Å². The van der Waals surface area contributed by atoms with Crippen LogP contribution in [0.25, 0.3) is 21.8 Å². The van der Waals surface area contributed by atoms with Crippen LogP contribution in [0.15, 0.2) is 46.9 Å². The second-order valence-corrected chi connectivity index (χ2v) is 8.03. The molecule has 0 fully saturated rings. The second-order valence-electron chi connectivity index (χ2n) is 7.11. The van der Waals surface area contributed by atoms with Crippen LogP contribution < -0.4 is 5.32 Å². The van der Waals surface area contributed by atoms with Crippen LogP contribution in [0.1, 0.15) is 27.2 Å². The third-order valence-electron chi connectivity index (χ3n) is 3.96. The van der Waals surface area contributed by atoms with E-state index < -0.39 is 5.60 Å². The summed E-state index contributed by atoms with van der Waals surface area (Å²) < 4.78 is 8.66. The number of fused-ring (bicyclic) bond motifs is 3. The summed E-state index contributed by atoms with van der Waals surface area (Å²) in [5.74, 6) is 0. The van der Waals surface area contributed by atoms with Gasteiger partial charge in [0.15, 0.2) is 0 Å². The zero-order chi connectivity index (χ0) is 18.0. The number of aromatic nitrogens is 1. The van der Waals surface area contributed by atoms with Crippen LogP contribution in [0.5, 0.6) is 0 Å². The van der Waals surface area contributed by atoms with Crippen LogP contribution in [-0.4, -0.2) is 22.8 Å². The highest BCUT2D eigenvalue weighted by molar-refractivity contribution is 9.10. The molecule has 5 heteroatoms. The number of carbonyl (C=O) groups excluding carboxylic acids is 1. The van der Waals surface area contributed by atoms with Crippen LogP contribution >= 0.6 is 15.9 Å². The number of halogens is 1. The minimum absolute atomic E-state index is 0.362. The molecule has 25 heavy (non-hydrogen) atoms. The maximum Gasteiger partial charge on any atom is 0.407 e. The van der Waals surface area contributed by atoms with Crippen LogP contribution in [0, 0.1) is 0 Å². The highest BCUT2D eigenvalue weighted by Gasteiger charge is 2.15. The Morgan fingerprint density at radius 1 is 1.12 bits per heavy atom. The number of nitrogens with zero attached hydrogens (tertiary/aromatic N) is 1. The van der Waals surface area contributed by atoms with Crippen molar-refractivity contribution in [3.05, 3.63) is 46.9 Å². The molecule has 0 unspecified atom stereocenters. The molecule has 0 atom stereocenters. The van der Waals surface area contributed by atoms with Gasteiger partial charge in [0.25, 0.3) is 0 Å². The van der Waals surface area contributed by atoms with Crippen molar-refractivity contribution in [3.63, 3.8) is 0 Å². The number of carbonyl (C=O) groups is 1. The first-order valence-corrected chi connectivity index (χ1v) is 9.28. The molecule has 0 radical (unpaired) electrons. The Bertz CT molecular complexity index is 909. The average Bonchev–Trinajstić information content (AvgIpc) is 2.83. The topological polar surface area (TPSA) is 43.3 Å². The van der Waals surface area contributed by atoms with Gasteiger partial charge in [0.05, 0.1) is 0 Å². The van der Waals surface area contributed by atoms with Crippen LogP contribution in [-0.2, 0) is 11.3 Å². The molecule has 1 aromatic heterocycles. The SMILES string of the molecule is CC(C)(C)OC(=O)NCCCn1c2ccccc2c2cc(Br)ccc21. The Morgan fingerprint density at radius 2 is 1.84 bits per heavy atom. The number of nitrogens with one attached hydrogen (secondary N) is 1. The summed E-state index contributed by atoms with van der Waals surface area (Å²) in [6.07, 6.45) is 0.474. The highest BCUT2D eigenvalue weighted by atomic mass is 79.9. The third kappa shape index (κ3) is 4.15. The molecule has 1 amide bonds. The molecule has 0 aliphatic heterocycles. The summed E-state index contributed by atoms with van der Waals surface area (Å²) in [5.41, 5.74) is 1.96. The molecular formula is C20H23BrN2O2. The quantitative estimate of drug-likeness (QED) is 0.587. The van der Waals surface area contributed by atoms with Crippen molar-refractivity contribution in [2.24, 2.45) is 0 Å². The van der Waals surface area contributed by atoms with Crippen molar-refractivity contribution in [3.8, 4) is 0 Å². The fourth-order valence-corrected chi connectivity index (χ4v) is 3.37. The molecule has 3 rings (SSSR count). The first-order valence-electron chi connectivity index (χ1n) is 8.48. The van der Waals surface area contributed by atoms with Gasteiger partial charge < -0.3 is 14.6 Å². The molecule has 1 heterocycles. The van der Waals surface area contributed by atoms with Gasteiger partial charge in [-0.15, -0.1) is 0 Å². The van der Waals surface area contributed by atoms with E-state index in [9.17, 15) is 4.79 Å². The van der Waals surface area contributed by atoms with Crippen LogP contribution in [0.3, 0.4) is 0 Å². The molecule has 3 aromatic rings. The maximum absolute atomic E-state index is 11.7. The summed E-state index contributed by atoms with van der Waals surface area (Å²) in [5, 5.41) is 5.31. The van der Waals surface area contributed by atoms with Crippen molar-refractivity contribution in [2.75, 3.05) is 6.54 Å². The maximum atomic E-state index is 11.7. The van der Waals surface area contributed by atoms with Gasteiger partial charge in [0.2, 0.25) is 0 Å². The number of aryl methyl sites for hydroxylation is 1. The molecule has 1 N–H and O–H groups in total. The van der Waals surface area contributed by atoms with E-state index in [1.807, 2.05) is 20.8 Å². The molecule has 0 bridgehead atoms. The number of ether oxygens (including phenoxy) is 1. The van der Waals surface area contributed by atoms with Gasteiger partial charge in [-0.2, -0.15) is 0 Å². The zero-order valence-corrected chi connectivity index (χ0v) is 16.4. The lowest BCUT2D eigenvalue weighted by atomic mass is 10.2. The van der Waals surface area contributed by atoms with Gasteiger partial charge in [-0.3, -0.25) is 0 Å². The normalized spacial score (nSPS) is 11.8. The van der Waals surface area contributed by atoms with Crippen molar-refractivity contribution in [2.45, 2.75) is 39.3 Å². The van der Waals surface area contributed by atoms with Gasteiger partial charge in [-0.25, -0.2) is 4.79 Å². The number of alkyl carbamates (subject to hydrolysis) is 1. The lowest BCUT2D eigenvalue weighted by Gasteiger charge is -2.19. The van der Waals surface area contributed by atoms with E-state index in [-0.39, 0.29) is 6.09 Å². The molecule has 0 spiro atoms. The number of rotatable bonds is 4. The third-order valence-corrected chi connectivity index (χ3v) is 4.45. The predicted octanol–water partition coefficient (Wildman–Crippen LogP) is 5.47. The Morgan fingerprint density at radius 3 is 2.60 bits per heavy atom. The number of benzene rings is 2. The van der Waals surface area contributed by atoms with Gasteiger partial charge in [0.1, 0.15) is 5.60 Å². The zero-order valence-electron chi connectivity index (χ0n) is 14.8. The predicted molar refractivity (Wildman–Crippen MR) is 106 cm³/mol. The van der Waals surface area contributed by atoms with E-state index in [0.717, 1.165) is 17.4 Å². The average molecular weight is 403 g/mol. The van der Waals surface area contributed by atoms with Gasteiger partial charge in [0, 0.05) is 39.4 Å². The summed E-state index contributed by atoms with van der Waals surface area (Å²) in [7, 11) is 0. The largest absolute Gasteiger partial charge is 0.444 e. The first-order chi connectivity index (χ1) is 11.8. The fourth-order valence-electron chi connectivity index (χ4n) is 3.01. The van der Waals surface area contributed by atoms with E-state index >= 15 is 0 Å². The lowest BCUT2D eigenvalue weighted by molar-refractivity contribution is 0.0527. The van der Waals surface area contributed by atoms with Crippen molar-refractivity contribution in [1.29, 1.82) is 0 Å². The number of hydrogen-bond acceptors (Lipinski definition) is 2. The Hall–Kier alpha value is -2.01. The van der Waals surface area contributed by atoms with Gasteiger partial charge in [-0.1, -0.05) is 34.1 Å². The van der Waals surface area contributed by atoms with Crippen molar-refractivity contribution < 1.29 is 9.53 Å². The van der Waals surface area contributed by atoms with E-state index in [4.69, 9.17) is 4.74 Å². The highest BCUT2D eigenvalue weighted by Crippen LogP contribution is 2.31. The summed E-state index contributed by atoms with van der Waals surface area (Å²) in [6.45, 7) is 7.01. The summed E-state index contributed by atoms with van der Waals surface area (Å²) in [6, 6.07) is 14.8. The molecule has 0 saturated heterocycles. The Balaban J connectivity index is 1.74. The molecular weight excluding hydrogens is 380 g/mol. The number of para-hydroxylation sites is 1.